The zero-order valence-corrected chi connectivity index (χ0v) is 18.2. The number of hydrogen-bond acceptors (Lipinski definition) is 6. The van der Waals surface area contributed by atoms with E-state index in [0.29, 0.717) is 5.69 Å². The van der Waals surface area contributed by atoms with E-state index in [1.54, 1.807) is 52.0 Å². The van der Waals surface area contributed by atoms with Crippen molar-refractivity contribution in [2.24, 2.45) is 5.92 Å². The molecule has 1 unspecified atom stereocenters. The summed E-state index contributed by atoms with van der Waals surface area (Å²) in [5.74, 6) is -2.04. The summed E-state index contributed by atoms with van der Waals surface area (Å²) in [7, 11) is 0. The standard InChI is InChI=1S/C23H25NO5S/c1-13(2)21(26)19-20(17-6-5-11-30-17)24(23(28)22(19)27)16-9-7-15(8-10-16)12-18(25)29-14(3)4/h5-11,13-14,20,27H,12H2,1-4H3. The fourth-order valence-corrected chi connectivity index (χ4v) is 4.22. The fourth-order valence-electron chi connectivity index (χ4n) is 3.40. The highest BCUT2D eigenvalue weighted by Gasteiger charge is 2.45. The first kappa shape index (κ1) is 21.8. The number of anilines is 1. The normalized spacial score (nSPS) is 16.7. The maximum absolute atomic E-state index is 12.9. The van der Waals surface area contributed by atoms with Crippen molar-refractivity contribution in [2.75, 3.05) is 4.90 Å². The summed E-state index contributed by atoms with van der Waals surface area (Å²) in [6.45, 7) is 7.07. The molecule has 30 heavy (non-hydrogen) atoms. The molecule has 3 rings (SSSR count). The van der Waals surface area contributed by atoms with Crippen molar-refractivity contribution in [3.05, 3.63) is 63.6 Å². The Labute approximate surface area is 179 Å². The van der Waals surface area contributed by atoms with Crippen molar-refractivity contribution in [1.29, 1.82) is 0 Å². The predicted molar refractivity (Wildman–Crippen MR) is 115 cm³/mol. The number of thiophene rings is 1. The minimum Gasteiger partial charge on any atom is -0.503 e. The van der Waals surface area contributed by atoms with E-state index in [1.807, 2.05) is 17.5 Å². The lowest BCUT2D eigenvalue weighted by molar-refractivity contribution is -0.146. The second-order valence-corrected chi connectivity index (χ2v) is 8.74. The molecule has 1 aromatic heterocycles. The van der Waals surface area contributed by atoms with Gasteiger partial charge < -0.3 is 9.84 Å². The molecule has 1 atom stereocenters. The third-order valence-corrected chi connectivity index (χ3v) is 5.67. The van der Waals surface area contributed by atoms with Gasteiger partial charge in [-0.2, -0.15) is 0 Å². The van der Waals surface area contributed by atoms with E-state index >= 15 is 0 Å². The summed E-state index contributed by atoms with van der Waals surface area (Å²) in [4.78, 5) is 39.8. The van der Waals surface area contributed by atoms with Crippen LogP contribution in [-0.2, 0) is 25.5 Å². The number of Topliss-reactive ketones (excluding diaryl/α,β-unsaturated/α-hetero) is 1. The van der Waals surface area contributed by atoms with Crippen LogP contribution in [0.15, 0.2) is 53.1 Å². The molecular weight excluding hydrogens is 402 g/mol. The van der Waals surface area contributed by atoms with Crippen LogP contribution in [0.25, 0.3) is 0 Å². The van der Waals surface area contributed by atoms with Gasteiger partial charge in [0.2, 0.25) is 0 Å². The van der Waals surface area contributed by atoms with E-state index in [4.69, 9.17) is 4.74 Å². The minimum atomic E-state index is -0.677. The lowest BCUT2D eigenvalue weighted by Crippen LogP contribution is -2.31. The number of rotatable bonds is 7. The van der Waals surface area contributed by atoms with Gasteiger partial charge in [0, 0.05) is 16.5 Å². The Morgan fingerprint density at radius 2 is 1.80 bits per heavy atom. The summed E-state index contributed by atoms with van der Waals surface area (Å²) in [6, 6.07) is 9.93. The number of esters is 1. The summed E-state index contributed by atoms with van der Waals surface area (Å²) in [5, 5.41) is 12.4. The third-order valence-electron chi connectivity index (χ3n) is 4.74. The summed E-state index contributed by atoms with van der Waals surface area (Å²) < 4.78 is 5.16. The van der Waals surface area contributed by atoms with E-state index in [2.05, 4.69) is 0 Å². The highest BCUT2D eigenvalue weighted by molar-refractivity contribution is 7.10. The van der Waals surface area contributed by atoms with Crippen molar-refractivity contribution in [3.63, 3.8) is 0 Å². The Kier molecular flexibility index (Phi) is 6.41. The Balaban J connectivity index is 1.94. The molecule has 1 aliphatic rings. The molecule has 0 spiro atoms. The molecule has 6 nitrogen and oxygen atoms in total. The molecule has 1 aliphatic heterocycles. The number of carbonyl (C=O) groups excluding carboxylic acids is 3. The van der Waals surface area contributed by atoms with Gasteiger partial charge in [0.1, 0.15) is 6.04 Å². The second kappa shape index (κ2) is 8.83. The summed E-state index contributed by atoms with van der Waals surface area (Å²) >= 11 is 1.42. The number of aliphatic hydroxyl groups is 1. The number of ether oxygens (including phenoxy) is 1. The zero-order chi connectivity index (χ0) is 22.0. The number of benzene rings is 1. The topological polar surface area (TPSA) is 83.9 Å². The molecule has 0 aliphatic carbocycles. The van der Waals surface area contributed by atoms with Crippen molar-refractivity contribution >= 4 is 34.7 Å². The van der Waals surface area contributed by atoms with Crippen molar-refractivity contribution in [1.82, 2.24) is 0 Å². The molecule has 0 radical (unpaired) electrons. The largest absolute Gasteiger partial charge is 0.503 e. The van der Waals surface area contributed by atoms with Gasteiger partial charge in [-0.1, -0.05) is 32.0 Å². The first-order chi connectivity index (χ1) is 14.2. The van der Waals surface area contributed by atoms with E-state index in [-0.39, 0.29) is 35.8 Å². The Morgan fingerprint density at radius 1 is 1.13 bits per heavy atom. The minimum absolute atomic E-state index is 0.126. The predicted octanol–water partition coefficient (Wildman–Crippen LogP) is 4.37. The fraction of sp³-hybridized carbons (Fsp3) is 0.348. The highest BCUT2D eigenvalue weighted by atomic mass is 32.1. The molecule has 0 saturated heterocycles. The van der Waals surface area contributed by atoms with E-state index in [0.717, 1.165) is 10.4 Å². The van der Waals surface area contributed by atoms with E-state index in [9.17, 15) is 19.5 Å². The third kappa shape index (κ3) is 4.31. The van der Waals surface area contributed by atoms with Crippen LogP contribution in [0.4, 0.5) is 5.69 Å². The Bertz CT molecular complexity index is 974. The highest BCUT2D eigenvalue weighted by Crippen LogP contribution is 2.43. The average Bonchev–Trinajstić information content (AvgIpc) is 3.29. The van der Waals surface area contributed by atoms with Gasteiger partial charge >= 0.3 is 5.97 Å². The van der Waals surface area contributed by atoms with Gasteiger partial charge in [-0.15, -0.1) is 11.3 Å². The number of ketones is 1. The molecule has 0 saturated carbocycles. The first-order valence-corrected chi connectivity index (χ1v) is 10.7. The van der Waals surface area contributed by atoms with Gasteiger partial charge in [-0.05, 0) is 43.0 Å². The van der Waals surface area contributed by atoms with Crippen molar-refractivity contribution in [2.45, 2.75) is 46.3 Å². The van der Waals surface area contributed by atoms with Gasteiger partial charge in [-0.3, -0.25) is 19.3 Å². The quantitative estimate of drug-likeness (QED) is 0.664. The number of amides is 1. The van der Waals surface area contributed by atoms with E-state index < -0.39 is 17.7 Å². The van der Waals surface area contributed by atoms with Gasteiger partial charge in [0.15, 0.2) is 11.5 Å². The number of hydrogen-bond donors (Lipinski definition) is 1. The van der Waals surface area contributed by atoms with Crippen LogP contribution in [0.2, 0.25) is 0 Å². The van der Waals surface area contributed by atoms with Crippen LogP contribution in [-0.4, -0.2) is 28.9 Å². The summed E-state index contributed by atoms with van der Waals surface area (Å²) in [6.07, 6.45) is -0.0574. The molecule has 1 amide bonds. The van der Waals surface area contributed by atoms with Crippen molar-refractivity contribution in [3.8, 4) is 0 Å². The van der Waals surface area contributed by atoms with Crippen LogP contribution in [0.3, 0.4) is 0 Å². The monoisotopic (exact) mass is 427 g/mol. The lowest BCUT2D eigenvalue weighted by atomic mass is 9.94. The maximum atomic E-state index is 12.9. The second-order valence-electron chi connectivity index (χ2n) is 7.76. The summed E-state index contributed by atoms with van der Waals surface area (Å²) in [5.41, 5.74) is 1.42. The molecule has 0 fully saturated rings. The molecular formula is C23H25NO5S. The smallest absolute Gasteiger partial charge is 0.310 e. The Hall–Kier alpha value is -2.93. The van der Waals surface area contributed by atoms with E-state index in [1.165, 1.54) is 16.2 Å². The van der Waals surface area contributed by atoms with Crippen LogP contribution in [0.5, 0.6) is 0 Å². The van der Waals surface area contributed by atoms with Gasteiger partial charge in [0.25, 0.3) is 5.91 Å². The molecule has 158 valence electrons. The molecule has 1 aromatic carbocycles. The van der Waals surface area contributed by atoms with Crippen LogP contribution in [0.1, 0.15) is 44.2 Å². The SMILES string of the molecule is CC(C)OC(=O)Cc1ccc(N2C(=O)C(O)=C(C(=O)C(C)C)C2c2cccs2)cc1. The van der Waals surface area contributed by atoms with Gasteiger partial charge in [0.05, 0.1) is 18.1 Å². The average molecular weight is 428 g/mol. The van der Waals surface area contributed by atoms with Crippen molar-refractivity contribution < 1.29 is 24.2 Å². The number of aliphatic hydroxyl groups excluding tert-OH is 1. The van der Waals surface area contributed by atoms with Crippen LogP contribution >= 0.6 is 11.3 Å². The molecule has 2 heterocycles. The zero-order valence-electron chi connectivity index (χ0n) is 17.4. The first-order valence-electron chi connectivity index (χ1n) is 9.83. The van der Waals surface area contributed by atoms with Crippen LogP contribution in [0, 0.1) is 5.92 Å². The number of carbonyl (C=O) groups is 3. The molecule has 1 N–H and O–H groups in total. The lowest BCUT2D eigenvalue weighted by Gasteiger charge is -2.26. The maximum Gasteiger partial charge on any atom is 0.310 e. The number of nitrogens with zero attached hydrogens (tertiary/aromatic N) is 1. The molecule has 7 heteroatoms. The molecule has 2 aromatic rings. The van der Waals surface area contributed by atoms with Crippen LogP contribution < -0.4 is 4.90 Å². The van der Waals surface area contributed by atoms with Gasteiger partial charge in [-0.25, -0.2) is 0 Å². The Morgan fingerprint density at radius 3 is 2.33 bits per heavy atom. The molecule has 0 bridgehead atoms.